The van der Waals surface area contributed by atoms with Crippen LogP contribution in [0.4, 0.5) is 5.95 Å². The molecule has 1 fully saturated rings. The normalized spacial score (nSPS) is 16.4. The van der Waals surface area contributed by atoms with Crippen molar-refractivity contribution in [1.82, 2.24) is 24.6 Å². The molecular weight excluding hydrogens is 224 g/mol. The summed E-state index contributed by atoms with van der Waals surface area (Å²) in [6, 6.07) is 0. The van der Waals surface area contributed by atoms with Crippen LogP contribution in [-0.4, -0.2) is 63.1 Å². The molecule has 0 bridgehead atoms. The van der Waals surface area contributed by atoms with Crippen molar-refractivity contribution in [1.29, 1.82) is 0 Å². The van der Waals surface area contributed by atoms with Gasteiger partial charge in [-0.05, 0) is 0 Å². The predicted octanol–water partition coefficient (Wildman–Crippen LogP) is -1.84. The average molecular weight is 238 g/mol. The van der Waals surface area contributed by atoms with Crippen LogP contribution in [0.15, 0.2) is 6.33 Å². The lowest BCUT2D eigenvalue weighted by Gasteiger charge is -2.31. The predicted molar refractivity (Wildman–Crippen MR) is 58.7 cm³/mol. The number of nitrogens with zero attached hydrogens (tertiary/aromatic N) is 5. The standard InChI is InChI=1S/C9H14N6O2/c1-13-2-3-14(4-7(13)16)8(17)5-15-6-11-9(10)12-15/h6H,2-5H2,1H3,(H2,10,12). The Balaban J connectivity index is 1.94. The van der Waals surface area contributed by atoms with Gasteiger partial charge in [-0.2, -0.15) is 0 Å². The van der Waals surface area contributed by atoms with Crippen molar-refractivity contribution >= 4 is 17.8 Å². The molecule has 2 amide bonds. The molecule has 8 heteroatoms. The van der Waals surface area contributed by atoms with E-state index in [1.165, 1.54) is 15.9 Å². The molecule has 0 aliphatic carbocycles. The molecule has 1 aromatic heterocycles. The number of anilines is 1. The zero-order chi connectivity index (χ0) is 12.4. The first-order valence-corrected chi connectivity index (χ1v) is 5.23. The van der Waals surface area contributed by atoms with Crippen LogP contribution in [0.2, 0.25) is 0 Å². The second-order valence-electron chi connectivity index (χ2n) is 3.93. The molecule has 0 unspecified atom stereocenters. The number of hydrogen-bond donors (Lipinski definition) is 1. The molecule has 0 atom stereocenters. The number of piperazine rings is 1. The van der Waals surface area contributed by atoms with Crippen LogP contribution in [-0.2, 0) is 16.1 Å². The van der Waals surface area contributed by atoms with Gasteiger partial charge >= 0.3 is 0 Å². The zero-order valence-corrected chi connectivity index (χ0v) is 9.54. The van der Waals surface area contributed by atoms with Gasteiger partial charge < -0.3 is 15.5 Å². The molecule has 2 heterocycles. The van der Waals surface area contributed by atoms with Crippen molar-refractivity contribution in [2.24, 2.45) is 0 Å². The van der Waals surface area contributed by atoms with Crippen molar-refractivity contribution < 1.29 is 9.59 Å². The maximum Gasteiger partial charge on any atom is 0.244 e. The lowest BCUT2D eigenvalue weighted by Crippen LogP contribution is -2.51. The molecule has 1 aromatic rings. The molecule has 92 valence electrons. The molecule has 2 N–H and O–H groups in total. The van der Waals surface area contributed by atoms with Crippen LogP contribution in [0.3, 0.4) is 0 Å². The Morgan fingerprint density at radius 1 is 1.53 bits per heavy atom. The number of nitrogens with two attached hydrogens (primary N) is 1. The summed E-state index contributed by atoms with van der Waals surface area (Å²) in [4.78, 5) is 30.1. The van der Waals surface area contributed by atoms with Crippen LogP contribution in [0.25, 0.3) is 0 Å². The first-order chi connectivity index (χ1) is 8.06. The first kappa shape index (κ1) is 11.4. The van der Waals surface area contributed by atoms with E-state index in [1.807, 2.05) is 0 Å². The van der Waals surface area contributed by atoms with E-state index in [1.54, 1.807) is 11.9 Å². The molecule has 0 saturated carbocycles. The van der Waals surface area contributed by atoms with Gasteiger partial charge in [0.25, 0.3) is 0 Å². The van der Waals surface area contributed by atoms with E-state index in [9.17, 15) is 9.59 Å². The molecule has 17 heavy (non-hydrogen) atoms. The third-order valence-electron chi connectivity index (χ3n) is 2.66. The number of aromatic nitrogens is 3. The minimum Gasteiger partial charge on any atom is -0.367 e. The lowest BCUT2D eigenvalue weighted by molar-refractivity contribution is -0.144. The van der Waals surface area contributed by atoms with Crippen molar-refractivity contribution in [2.75, 3.05) is 32.4 Å². The summed E-state index contributed by atoms with van der Waals surface area (Å²) in [7, 11) is 1.72. The van der Waals surface area contributed by atoms with Crippen molar-refractivity contribution in [3.63, 3.8) is 0 Å². The number of carbonyl (C=O) groups excluding carboxylic acids is 2. The van der Waals surface area contributed by atoms with Gasteiger partial charge in [-0.3, -0.25) is 9.59 Å². The maximum absolute atomic E-state index is 11.9. The van der Waals surface area contributed by atoms with Crippen molar-refractivity contribution in [3.05, 3.63) is 6.33 Å². The maximum atomic E-state index is 11.9. The van der Waals surface area contributed by atoms with Crippen LogP contribution in [0.5, 0.6) is 0 Å². The lowest BCUT2D eigenvalue weighted by atomic mass is 10.3. The van der Waals surface area contributed by atoms with Gasteiger partial charge in [-0.25, -0.2) is 9.67 Å². The van der Waals surface area contributed by atoms with Gasteiger partial charge in [-0.15, -0.1) is 5.10 Å². The van der Waals surface area contributed by atoms with Crippen LogP contribution < -0.4 is 5.73 Å². The summed E-state index contributed by atoms with van der Waals surface area (Å²) in [6.07, 6.45) is 1.39. The molecule has 0 spiro atoms. The van der Waals surface area contributed by atoms with Crippen LogP contribution in [0.1, 0.15) is 0 Å². The number of nitrogen functional groups attached to an aromatic ring is 1. The highest BCUT2D eigenvalue weighted by atomic mass is 16.2. The summed E-state index contributed by atoms with van der Waals surface area (Å²) < 4.78 is 1.36. The molecule has 8 nitrogen and oxygen atoms in total. The zero-order valence-electron chi connectivity index (χ0n) is 9.54. The number of rotatable bonds is 2. The van der Waals surface area contributed by atoms with Crippen molar-refractivity contribution in [3.8, 4) is 0 Å². The summed E-state index contributed by atoms with van der Waals surface area (Å²) >= 11 is 0. The fourth-order valence-corrected chi connectivity index (χ4v) is 1.60. The highest BCUT2D eigenvalue weighted by molar-refractivity contribution is 5.85. The van der Waals surface area contributed by atoms with Crippen LogP contribution >= 0.6 is 0 Å². The Hall–Kier alpha value is -2.12. The van der Waals surface area contributed by atoms with Gasteiger partial charge in [0.1, 0.15) is 12.9 Å². The minimum absolute atomic E-state index is 0.0531. The summed E-state index contributed by atoms with van der Waals surface area (Å²) in [6.45, 7) is 1.29. The van der Waals surface area contributed by atoms with Gasteiger partial charge in [0.2, 0.25) is 17.8 Å². The van der Waals surface area contributed by atoms with Crippen LogP contribution in [0, 0.1) is 0 Å². The van der Waals surface area contributed by atoms with Gasteiger partial charge in [0.05, 0.1) is 6.54 Å². The van der Waals surface area contributed by atoms with Crippen molar-refractivity contribution in [2.45, 2.75) is 6.54 Å². The topological polar surface area (TPSA) is 97.3 Å². The number of hydrogen-bond acceptors (Lipinski definition) is 5. The Labute approximate surface area is 98.0 Å². The first-order valence-electron chi connectivity index (χ1n) is 5.23. The molecule has 1 aliphatic rings. The van der Waals surface area contributed by atoms with E-state index in [-0.39, 0.29) is 30.9 Å². The van der Waals surface area contributed by atoms with E-state index in [2.05, 4.69) is 10.1 Å². The Morgan fingerprint density at radius 3 is 2.88 bits per heavy atom. The van der Waals surface area contributed by atoms with E-state index in [4.69, 9.17) is 5.73 Å². The Bertz CT molecular complexity index is 442. The highest BCUT2D eigenvalue weighted by Crippen LogP contribution is 2.02. The highest BCUT2D eigenvalue weighted by Gasteiger charge is 2.24. The smallest absolute Gasteiger partial charge is 0.244 e. The monoisotopic (exact) mass is 238 g/mol. The molecule has 1 saturated heterocycles. The molecular formula is C9H14N6O2. The largest absolute Gasteiger partial charge is 0.367 e. The number of amides is 2. The number of carbonyl (C=O) groups is 2. The van der Waals surface area contributed by atoms with E-state index in [0.717, 1.165) is 0 Å². The third-order valence-corrected chi connectivity index (χ3v) is 2.66. The second-order valence-corrected chi connectivity index (χ2v) is 3.93. The van der Waals surface area contributed by atoms with Gasteiger partial charge in [0, 0.05) is 20.1 Å². The fraction of sp³-hybridized carbons (Fsp3) is 0.556. The average Bonchev–Trinajstić information content (AvgIpc) is 2.68. The molecule has 1 aliphatic heterocycles. The quantitative estimate of drug-likeness (QED) is 0.653. The SMILES string of the molecule is CN1CCN(C(=O)Cn2cnc(N)n2)CC1=O. The van der Waals surface area contributed by atoms with E-state index in [0.29, 0.717) is 13.1 Å². The third kappa shape index (κ3) is 2.52. The van der Waals surface area contributed by atoms with E-state index < -0.39 is 0 Å². The summed E-state index contributed by atoms with van der Waals surface area (Å²) in [5.41, 5.74) is 5.34. The second kappa shape index (κ2) is 4.40. The van der Waals surface area contributed by atoms with E-state index >= 15 is 0 Å². The fourth-order valence-electron chi connectivity index (χ4n) is 1.60. The Kier molecular flexibility index (Phi) is 2.94. The molecule has 2 rings (SSSR count). The van der Waals surface area contributed by atoms with Gasteiger partial charge in [0.15, 0.2) is 0 Å². The van der Waals surface area contributed by atoms with Gasteiger partial charge in [-0.1, -0.05) is 0 Å². The summed E-state index contributed by atoms with van der Waals surface area (Å²) in [5, 5.41) is 3.82. The number of likely N-dealkylation sites (N-methyl/N-ethyl adjacent to an activating group) is 1. The minimum atomic E-state index is -0.156. The molecule has 0 radical (unpaired) electrons. The Morgan fingerprint density at radius 2 is 2.29 bits per heavy atom. The molecule has 0 aromatic carbocycles. The summed E-state index contributed by atoms with van der Waals surface area (Å²) in [5.74, 6) is -0.0775.